The van der Waals surface area contributed by atoms with Gasteiger partial charge in [0.1, 0.15) is 0 Å². The maximum atomic E-state index is 6.74. The summed E-state index contributed by atoms with van der Waals surface area (Å²) in [6.45, 7) is 4.53. The van der Waals surface area contributed by atoms with Crippen molar-refractivity contribution in [1.82, 2.24) is 5.48 Å². The third-order valence-electron chi connectivity index (χ3n) is 9.94. The summed E-state index contributed by atoms with van der Waals surface area (Å²) in [5.74, 6) is -0.357. The third kappa shape index (κ3) is 21.5. The molecule has 1 unspecified atom stereocenters. The van der Waals surface area contributed by atoms with Gasteiger partial charge in [0, 0.05) is 32.7 Å². The predicted molar refractivity (Wildman–Crippen MR) is 204 cm³/mol. The molecular formula is C43H77NO3. The monoisotopic (exact) mass is 656 g/mol. The molecule has 3 atom stereocenters. The van der Waals surface area contributed by atoms with Crippen LogP contribution in [-0.2, 0) is 14.3 Å². The molecule has 4 nitrogen and oxygen atoms in total. The van der Waals surface area contributed by atoms with Gasteiger partial charge in [-0.05, 0) is 77.0 Å². The van der Waals surface area contributed by atoms with E-state index in [0.29, 0.717) is 0 Å². The Morgan fingerprint density at radius 1 is 0.511 bits per heavy atom. The molecule has 1 aliphatic heterocycles. The van der Waals surface area contributed by atoms with Crippen molar-refractivity contribution in [2.45, 2.75) is 218 Å². The Kier molecular flexibility index (Phi) is 26.5. The zero-order chi connectivity index (χ0) is 33.5. The van der Waals surface area contributed by atoms with Crippen LogP contribution in [0.5, 0.6) is 0 Å². The van der Waals surface area contributed by atoms with E-state index in [1.165, 1.54) is 141 Å². The van der Waals surface area contributed by atoms with E-state index in [4.69, 9.17) is 14.3 Å². The Morgan fingerprint density at radius 2 is 0.872 bits per heavy atom. The number of ether oxygens (including phenoxy) is 2. The molecule has 0 radical (unpaired) electrons. The van der Waals surface area contributed by atoms with Gasteiger partial charge in [0.15, 0.2) is 5.79 Å². The Bertz CT molecular complexity index is 754. The first-order chi connectivity index (χ1) is 23.2. The summed E-state index contributed by atoms with van der Waals surface area (Å²) in [6.07, 6.45) is 54.2. The highest BCUT2D eigenvalue weighted by atomic mass is 16.8. The molecule has 1 saturated heterocycles. The second-order valence-corrected chi connectivity index (χ2v) is 14.3. The van der Waals surface area contributed by atoms with E-state index in [0.717, 1.165) is 38.5 Å². The fraction of sp³-hybridized carbons (Fsp3) is 0.814. The second kappa shape index (κ2) is 29.7. The first kappa shape index (κ1) is 42.0. The van der Waals surface area contributed by atoms with Gasteiger partial charge in [0.05, 0.1) is 18.3 Å². The molecule has 0 aromatic heterocycles. The first-order valence-corrected chi connectivity index (χ1v) is 20.5. The van der Waals surface area contributed by atoms with Crippen molar-refractivity contribution in [3.05, 3.63) is 48.6 Å². The van der Waals surface area contributed by atoms with Crippen LogP contribution in [-0.4, -0.2) is 31.1 Å². The fourth-order valence-corrected chi connectivity index (χ4v) is 7.13. The van der Waals surface area contributed by atoms with Gasteiger partial charge in [-0.3, -0.25) is 4.84 Å². The van der Waals surface area contributed by atoms with Gasteiger partial charge in [-0.15, -0.1) is 0 Å². The molecule has 1 aliphatic carbocycles. The lowest BCUT2D eigenvalue weighted by atomic mass is 9.98. The smallest absolute Gasteiger partial charge is 0.169 e. The van der Waals surface area contributed by atoms with Crippen LogP contribution in [0.2, 0.25) is 0 Å². The van der Waals surface area contributed by atoms with Crippen LogP contribution >= 0.6 is 0 Å². The molecule has 1 N–H and O–H groups in total. The number of allylic oxidation sites excluding steroid dienone is 8. The number of hydrogen-bond acceptors (Lipinski definition) is 4. The molecular weight excluding hydrogens is 578 g/mol. The summed E-state index contributed by atoms with van der Waals surface area (Å²) in [5.41, 5.74) is 2.87. The lowest BCUT2D eigenvalue weighted by Crippen LogP contribution is -2.33. The van der Waals surface area contributed by atoms with E-state index in [1.54, 1.807) is 0 Å². The maximum absolute atomic E-state index is 6.74. The molecule has 2 rings (SSSR count). The SMILES string of the molecule is CCCCC/C=C\C/C=C\CCCCCCCCC1(CCCCCCCC/C=C\C/C=C\CCCCC)O[C@H]2CC(ONC)C[C@H]2O1. The number of unbranched alkanes of at least 4 members (excludes halogenated alkanes) is 18. The van der Waals surface area contributed by atoms with Crippen LogP contribution in [0.25, 0.3) is 0 Å². The van der Waals surface area contributed by atoms with Gasteiger partial charge in [0.25, 0.3) is 0 Å². The molecule has 2 aliphatic rings. The Morgan fingerprint density at radius 3 is 1.26 bits per heavy atom. The van der Waals surface area contributed by atoms with Crippen molar-refractivity contribution in [2.75, 3.05) is 7.05 Å². The average molecular weight is 656 g/mol. The van der Waals surface area contributed by atoms with Crippen molar-refractivity contribution >= 4 is 0 Å². The second-order valence-electron chi connectivity index (χ2n) is 14.3. The maximum Gasteiger partial charge on any atom is 0.169 e. The lowest BCUT2D eigenvalue weighted by molar-refractivity contribution is -0.198. The van der Waals surface area contributed by atoms with Crippen molar-refractivity contribution < 1.29 is 14.3 Å². The van der Waals surface area contributed by atoms with Crippen LogP contribution in [0, 0.1) is 0 Å². The minimum Gasteiger partial charge on any atom is -0.344 e. The number of fused-ring (bicyclic) bond motifs is 1. The summed E-state index contributed by atoms with van der Waals surface area (Å²) in [7, 11) is 1.84. The van der Waals surface area contributed by atoms with Crippen molar-refractivity contribution in [3.63, 3.8) is 0 Å². The van der Waals surface area contributed by atoms with Crippen molar-refractivity contribution in [2.24, 2.45) is 0 Å². The number of nitrogens with one attached hydrogen (secondary N) is 1. The quantitative estimate of drug-likeness (QED) is 0.0445. The topological polar surface area (TPSA) is 39.7 Å². The molecule has 0 bridgehead atoms. The van der Waals surface area contributed by atoms with Gasteiger partial charge in [-0.25, -0.2) is 5.48 Å². The van der Waals surface area contributed by atoms with Gasteiger partial charge in [0.2, 0.25) is 0 Å². The van der Waals surface area contributed by atoms with E-state index in [9.17, 15) is 0 Å². The molecule has 2 fully saturated rings. The van der Waals surface area contributed by atoms with Gasteiger partial charge < -0.3 is 9.47 Å². The zero-order valence-corrected chi connectivity index (χ0v) is 31.4. The molecule has 0 spiro atoms. The highest BCUT2D eigenvalue weighted by Crippen LogP contribution is 2.44. The van der Waals surface area contributed by atoms with Crippen LogP contribution in [0.3, 0.4) is 0 Å². The molecule has 0 aromatic rings. The van der Waals surface area contributed by atoms with Crippen LogP contribution in [0.15, 0.2) is 48.6 Å². The zero-order valence-electron chi connectivity index (χ0n) is 31.4. The van der Waals surface area contributed by atoms with Crippen molar-refractivity contribution in [1.29, 1.82) is 0 Å². The van der Waals surface area contributed by atoms with Gasteiger partial charge in [-0.2, -0.15) is 0 Å². The average Bonchev–Trinajstić information content (AvgIpc) is 3.60. The number of rotatable bonds is 32. The van der Waals surface area contributed by atoms with E-state index in [2.05, 4.69) is 67.9 Å². The molecule has 4 heteroatoms. The van der Waals surface area contributed by atoms with E-state index in [1.807, 2.05) is 7.05 Å². The summed E-state index contributed by atoms with van der Waals surface area (Å²) < 4.78 is 13.5. The summed E-state index contributed by atoms with van der Waals surface area (Å²) >= 11 is 0. The summed E-state index contributed by atoms with van der Waals surface area (Å²) in [5, 5.41) is 0. The summed E-state index contributed by atoms with van der Waals surface area (Å²) in [6, 6.07) is 0. The minimum atomic E-state index is -0.357. The lowest BCUT2D eigenvalue weighted by Gasteiger charge is -2.30. The number of hydrogen-bond donors (Lipinski definition) is 1. The highest BCUT2D eigenvalue weighted by molar-refractivity contribution is 4.95. The summed E-state index contributed by atoms with van der Waals surface area (Å²) in [4.78, 5) is 5.67. The molecule has 0 amide bonds. The molecule has 272 valence electrons. The Hall–Kier alpha value is -1.20. The van der Waals surface area contributed by atoms with Gasteiger partial charge in [-0.1, -0.05) is 140 Å². The van der Waals surface area contributed by atoms with Crippen LogP contribution < -0.4 is 5.48 Å². The van der Waals surface area contributed by atoms with E-state index < -0.39 is 0 Å². The molecule has 47 heavy (non-hydrogen) atoms. The van der Waals surface area contributed by atoms with Gasteiger partial charge >= 0.3 is 0 Å². The normalized spacial score (nSPS) is 21.0. The Labute approximate surface area is 292 Å². The molecule has 0 aromatic carbocycles. The minimum absolute atomic E-state index is 0.197. The number of hydroxylamine groups is 1. The first-order valence-electron chi connectivity index (χ1n) is 20.5. The standard InChI is InChI=1S/C43H77NO3/c1-4-6-8-10-12-14-16-18-20-22-24-26-28-30-32-34-36-43(45-41-38-40(47-44-3)39-42(41)46-43)37-35-33-31-29-27-25-23-21-19-17-15-13-11-9-7-5-2/h12-15,18-21,40-42,44H,4-11,16-17,22-39H2,1-3H3/b14-12-,15-13-,20-18-,21-19-/t40?,41-,42+. The third-order valence-corrected chi connectivity index (χ3v) is 9.94. The Balaban J connectivity index is 1.55. The van der Waals surface area contributed by atoms with Crippen molar-refractivity contribution in [3.8, 4) is 0 Å². The van der Waals surface area contributed by atoms with Crippen LogP contribution in [0.4, 0.5) is 0 Å². The fourth-order valence-electron chi connectivity index (χ4n) is 7.13. The molecule has 1 heterocycles. The predicted octanol–water partition coefficient (Wildman–Crippen LogP) is 13.2. The van der Waals surface area contributed by atoms with E-state index in [-0.39, 0.29) is 24.1 Å². The highest BCUT2D eigenvalue weighted by Gasteiger charge is 2.51. The van der Waals surface area contributed by atoms with Crippen LogP contribution in [0.1, 0.15) is 194 Å². The van der Waals surface area contributed by atoms with E-state index >= 15 is 0 Å². The largest absolute Gasteiger partial charge is 0.344 e. The molecule has 1 saturated carbocycles.